The first kappa shape index (κ1) is 22.6. The number of anilines is 1. The van der Waals surface area contributed by atoms with Gasteiger partial charge < -0.3 is 10.2 Å². The number of hydrogen-bond acceptors (Lipinski definition) is 5. The van der Waals surface area contributed by atoms with Gasteiger partial charge in [-0.25, -0.2) is 0 Å². The van der Waals surface area contributed by atoms with E-state index in [0.717, 1.165) is 11.3 Å². The van der Waals surface area contributed by atoms with Gasteiger partial charge >= 0.3 is 0 Å². The summed E-state index contributed by atoms with van der Waals surface area (Å²) in [5, 5.41) is 2.35. The highest BCUT2D eigenvalue weighted by atomic mass is 32.2. The van der Waals surface area contributed by atoms with Crippen LogP contribution in [-0.4, -0.2) is 51.1 Å². The van der Waals surface area contributed by atoms with E-state index in [1.165, 1.54) is 6.08 Å². The van der Waals surface area contributed by atoms with Crippen LogP contribution in [-0.2, 0) is 14.9 Å². The summed E-state index contributed by atoms with van der Waals surface area (Å²) in [5.74, 6) is -1.41. The molecule has 148 valence electrons. The quantitative estimate of drug-likeness (QED) is 0.288. The minimum Gasteiger partial charge on any atom is -0.378 e. The summed E-state index contributed by atoms with van der Waals surface area (Å²) in [4.78, 5) is 26.0. The van der Waals surface area contributed by atoms with Crippen molar-refractivity contribution in [2.45, 2.75) is 13.8 Å². The maximum atomic E-state index is 12.5. The minimum absolute atomic E-state index is 0.0225. The molecule has 7 nitrogen and oxygen atoms in total. The number of amides is 1. The Morgan fingerprint density at radius 1 is 1.19 bits per heavy atom. The van der Waals surface area contributed by atoms with Gasteiger partial charge in [-0.15, -0.1) is 0 Å². The van der Waals surface area contributed by atoms with Crippen LogP contribution in [0.15, 0.2) is 48.1 Å². The predicted octanol–water partition coefficient (Wildman–Crippen LogP) is 2.08. The van der Waals surface area contributed by atoms with Gasteiger partial charge in [0.15, 0.2) is 5.78 Å². The lowest BCUT2D eigenvalue weighted by Gasteiger charge is -2.13. The Balaban J connectivity index is 2.64. The molecule has 0 aliphatic carbocycles. The third-order valence-electron chi connectivity index (χ3n) is 3.75. The van der Waals surface area contributed by atoms with Gasteiger partial charge in [0.2, 0.25) is 5.91 Å². The predicted molar refractivity (Wildman–Crippen MR) is 107 cm³/mol. The van der Waals surface area contributed by atoms with Crippen LogP contribution >= 0.6 is 0 Å². The fraction of sp³-hybridized carbons (Fsp3) is 0.368. The first-order chi connectivity index (χ1) is 12.5. The van der Waals surface area contributed by atoms with E-state index in [9.17, 15) is 18.0 Å². The fourth-order valence-electron chi connectivity index (χ4n) is 2.28. The second kappa shape index (κ2) is 10.0. The van der Waals surface area contributed by atoms with Gasteiger partial charge in [-0.1, -0.05) is 24.6 Å². The molecule has 0 spiro atoms. The minimum atomic E-state index is -4.10. The zero-order valence-electron chi connectivity index (χ0n) is 16.0. The van der Waals surface area contributed by atoms with Crippen molar-refractivity contribution in [3.05, 3.63) is 53.6 Å². The third kappa shape index (κ3) is 8.65. The molecule has 0 saturated carbocycles. The van der Waals surface area contributed by atoms with Crippen molar-refractivity contribution >= 4 is 27.5 Å². The van der Waals surface area contributed by atoms with Crippen LogP contribution in [0, 0.1) is 5.92 Å². The Morgan fingerprint density at radius 2 is 1.78 bits per heavy atom. The van der Waals surface area contributed by atoms with Crippen LogP contribution in [0.4, 0.5) is 5.69 Å². The lowest BCUT2D eigenvalue weighted by atomic mass is 9.97. The van der Waals surface area contributed by atoms with Crippen molar-refractivity contribution < 1.29 is 22.6 Å². The smallest absolute Gasteiger partial charge is 0.266 e. The average molecular weight is 394 g/mol. The second-order valence-corrected chi connectivity index (χ2v) is 7.99. The van der Waals surface area contributed by atoms with Gasteiger partial charge in [0.05, 0.1) is 5.75 Å². The second-order valence-electron chi connectivity index (χ2n) is 6.42. The van der Waals surface area contributed by atoms with E-state index in [0.29, 0.717) is 5.56 Å². The summed E-state index contributed by atoms with van der Waals surface area (Å²) in [5.41, 5.74) is 2.35. The summed E-state index contributed by atoms with van der Waals surface area (Å²) in [6.45, 7) is 3.37. The molecule has 1 aromatic rings. The summed E-state index contributed by atoms with van der Waals surface area (Å²) in [7, 11) is -0.246. The highest BCUT2D eigenvalue weighted by molar-refractivity contribution is 7.85. The Labute approximate surface area is 160 Å². The maximum Gasteiger partial charge on any atom is 0.266 e. The van der Waals surface area contributed by atoms with Crippen LogP contribution < -0.4 is 10.2 Å². The zero-order chi connectivity index (χ0) is 20.6. The lowest BCUT2D eigenvalue weighted by Crippen LogP contribution is -2.27. The number of Topliss-reactive ketones (excluding diaryl/α,β-unsaturated/α-hetero) is 1. The summed E-state index contributed by atoms with van der Waals surface area (Å²) in [6.07, 6.45) is 4.55. The van der Waals surface area contributed by atoms with Crippen LogP contribution in [0.5, 0.6) is 0 Å². The van der Waals surface area contributed by atoms with E-state index in [4.69, 9.17) is 4.55 Å². The number of hydrogen-bond donors (Lipinski definition) is 2. The molecule has 1 atom stereocenters. The van der Waals surface area contributed by atoms with E-state index < -0.39 is 21.8 Å². The molecule has 0 saturated heterocycles. The molecule has 1 rings (SSSR count). The monoisotopic (exact) mass is 394 g/mol. The van der Waals surface area contributed by atoms with E-state index in [1.54, 1.807) is 38.1 Å². The normalized spacial score (nSPS) is 13.4. The van der Waals surface area contributed by atoms with E-state index in [1.807, 2.05) is 31.1 Å². The number of allylic oxidation sites excluding steroid dienone is 3. The van der Waals surface area contributed by atoms with Gasteiger partial charge in [-0.2, -0.15) is 8.42 Å². The molecule has 8 heteroatoms. The molecule has 0 fully saturated rings. The molecule has 0 radical (unpaired) electrons. The summed E-state index contributed by atoms with van der Waals surface area (Å²) >= 11 is 0. The highest BCUT2D eigenvalue weighted by Gasteiger charge is 2.13. The fourth-order valence-corrected chi connectivity index (χ4v) is 2.64. The van der Waals surface area contributed by atoms with Crippen LogP contribution in [0.3, 0.4) is 0 Å². The van der Waals surface area contributed by atoms with Crippen LogP contribution in [0.1, 0.15) is 24.2 Å². The molecule has 0 aliphatic heterocycles. The largest absolute Gasteiger partial charge is 0.378 e. The standard InChI is InChI=1S/C19H26N2O5S/c1-14(5-10-18(22)20-11-12-27(24,25)26)13-15(2)19(23)16-6-8-17(9-7-16)21(3)4/h5-10,13,15H,11-12H2,1-4H3,(H,20,22)(H,24,25,26). The zero-order valence-corrected chi connectivity index (χ0v) is 16.8. The number of carbonyl (C=O) groups is 2. The number of ketones is 1. The Bertz CT molecular complexity index is 824. The number of nitrogens with one attached hydrogen (secondary N) is 1. The third-order valence-corrected chi connectivity index (χ3v) is 4.47. The SMILES string of the molecule is CC(C=CC(=O)NCCS(=O)(=O)O)=CC(C)C(=O)c1ccc(N(C)C)cc1. The van der Waals surface area contributed by atoms with Crippen molar-refractivity contribution in [2.24, 2.45) is 5.92 Å². The molecule has 0 heterocycles. The van der Waals surface area contributed by atoms with Crippen molar-refractivity contribution in [1.29, 1.82) is 0 Å². The molecule has 1 aromatic carbocycles. The first-order valence-corrected chi connectivity index (χ1v) is 10.0. The highest BCUT2D eigenvalue weighted by Crippen LogP contribution is 2.17. The van der Waals surface area contributed by atoms with E-state index in [2.05, 4.69) is 5.32 Å². The van der Waals surface area contributed by atoms with E-state index in [-0.39, 0.29) is 18.2 Å². The summed E-state index contributed by atoms with van der Waals surface area (Å²) in [6, 6.07) is 7.34. The number of carbonyl (C=O) groups excluding carboxylic acids is 2. The van der Waals surface area contributed by atoms with Crippen molar-refractivity contribution in [2.75, 3.05) is 31.3 Å². The molecule has 27 heavy (non-hydrogen) atoms. The van der Waals surface area contributed by atoms with Crippen molar-refractivity contribution in [3.63, 3.8) is 0 Å². The number of rotatable bonds is 9. The maximum absolute atomic E-state index is 12.5. The van der Waals surface area contributed by atoms with Gasteiger partial charge in [0.1, 0.15) is 0 Å². The molecular weight excluding hydrogens is 368 g/mol. The van der Waals surface area contributed by atoms with Crippen molar-refractivity contribution in [3.8, 4) is 0 Å². The molecule has 0 aromatic heterocycles. The Hall–Kier alpha value is -2.45. The number of benzene rings is 1. The number of nitrogens with zero attached hydrogens (tertiary/aromatic N) is 1. The molecule has 1 amide bonds. The van der Waals surface area contributed by atoms with E-state index >= 15 is 0 Å². The molecule has 0 aliphatic rings. The van der Waals surface area contributed by atoms with Gasteiger partial charge in [0.25, 0.3) is 10.1 Å². The van der Waals surface area contributed by atoms with Gasteiger partial charge in [-0.05, 0) is 31.2 Å². The lowest BCUT2D eigenvalue weighted by molar-refractivity contribution is -0.116. The van der Waals surface area contributed by atoms with Crippen molar-refractivity contribution in [1.82, 2.24) is 5.32 Å². The molecule has 2 N–H and O–H groups in total. The molecule has 1 unspecified atom stereocenters. The average Bonchev–Trinajstić information content (AvgIpc) is 2.58. The van der Waals surface area contributed by atoms with Gasteiger partial charge in [0, 0.05) is 43.9 Å². The molecular formula is C19H26N2O5S. The molecule has 0 bridgehead atoms. The first-order valence-electron chi connectivity index (χ1n) is 8.40. The van der Waals surface area contributed by atoms with Crippen LogP contribution in [0.2, 0.25) is 0 Å². The Morgan fingerprint density at radius 3 is 2.30 bits per heavy atom. The topological polar surface area (TPSA) is 104 Å². The Kier molecular flexibility index (Phi) is 8.39. The van der Waals surface area contributed by atoms with Crippen LogP contribution in [0.25, 0.3) is 0 Å². The summed E-state index contributed by atoms with van der Waals surface area (Å²) < 4.78 is 29.7. The van der Waals surface area contributed by atoms with Gasteiger partial charge in [-0.3, -0.25) is 14.1 Å².